The number of thiazole rings is 1. The van der Waals surface area contributed by atoms with E-state index in [1.807, 2.05) is 0 Å². The van der Waals surface area contributed by atoms with E-state index in [0.29, 0.717) is 17.4 Å². The summed E-state index contributed by atoms with van der Waals surface area (Å²) in [7, 11) is 0. The van der Waals surface area contributed by atoms with E-state index in [1.54, 1.807) is 5.38 Å². The highest BCUT2D eigenvalue weighted by molar-refractivity contribution is 7.14. The van der Waals surface area contributed by atoms with Crippen LogP contribution in [-0.2, 0) is 4.79 Å². The van der Waals surface area contributed by atoms with Crippen molar-refractivity contribution in [3.05, 3.63) is 11.1 Å². The van der Waals surface area contributed by atoms with Gasteiger partial charge in [-0.3, -0.25) is 9.59 Å². The summed E-state index contributed by atoms with van der Waals surface area (Å²) in [6.45, 7) is 3.70. The Bertz CT molecular complexity index is 426. The molecule has 1 aliphatic rings. The molecule has 0 aliphatic carbocycles. The SMILES string of the molecule is CC(=O)c1csc(NC(=O)[C@@H]2CNCCN2)n1. The molecule has 3 N–H and O–H groups in total. The Morgan fingerprint density at radius 1 is 1.53 bits per heavy atom. The van der Waals surface area contributed by atoms with E-state index in [-0.39, 0.29) is 17.7 Å². The quantitative estimate of drug-likeness (QED) is 0.653. The van der Waals surface area contributed by atoms with Gasteiger partial charge in [0.1, 0.15) is 5.69 Å². The summed E-state index contributed by atoms with van der Waals surface area (Å²) in [6, 6.07) is -0.242. The first-order valence-corrected chi connectivity index (χ1v) is 6.26. The lowest BCUT2D eigenvalue weighted by molar-refractivity contribution is -0.118. The third-order valence-corrected chi connectivity index (χ3v) is 3.21. The highest BCUT2D eigenvalue weighted by atomic mass is 32.1. The van der Waals surface area contributed by atoms with Gasteiger partial charge in [0, 0.05) is 31.9 Å². The second-order valence-corrected chi connectivity index (χ2v) is 4.65. The average molecular weight is 254 g/mol. The zero-order chi connectivity index (χ0) is 12.3. The van der Waals surface area contributed by atoms with Gasteiger partial charge in [-0.05, 0) is 0 Å². The second-order valence-electron chi connectivity index (χ2n) is 3.79. The number of nitrogens with one attached hydrogen (secondary N) is 3. The Morgan fingerprint density at radius 3 is 2.94 bits per heavy atom. The molecule has 1 aromatic rings. The first-order valence-electron chi connectivity index (χ1n) is 5.38. The largest absolute Gasteiger partial charge is 0.313 e. The predicted octanol–water partition coefficient (Wildman–Crippen LogP) is -0.154. The van der Waals surface area contributed by atoms with Crippen LogP contribution in [0, 0.1) is 0 Å². The van der Waals surface area contributed by atoms with Gasteiger partial charge in [-0.25, -0.2) is 4.98 Å². The molecule has 0 radical (unpaired) electrons. The van der Waals surface area contributed by atoms with Crippen LogP contribution in [-0.4, -0.2) is 42.4 Å². The smallest absolute Gasteiger partial charge is 0.244 e. The van der Waals surface area contributed by atoms with Crippen LogP contribution >= 0.6 is 11.3 Å². The summed E-state index contributed by atoms with van der Waals surface area (Å²) < 4.78 is 0. The van der Waals surface area contributed by atoms with Crippen molar-refractivity contribution < 1.29 is 9.59 Å². The van der Waals surface area contributed by atoms with Crippen molar-refractivity contribution in [2.24, 2.45) is 0 Å². The van der Waals surface area contributed by atoms with E-state index in [4.69, 9.17) is 0 Å². The fourth-order valence-electron chi connectivity index (χ4n) is 1.52. The maximum Gasteiger partial charge on any atom is 0.244 e. The topological polar surface area (TPSA) is 83.1 Å². The molecule has 1 atom stereocenters. The number of carbonyl (C=O) groups is 2. The number of hydrogen-bond acceptors (Lipinski definition) is 6. The van der Waals surface area contributed by atoms with Crippen molar-refractivity contribution in [3.8, 4) is 0 Å². The Balaban J connectivity index is 1.94. The Labute approximate surface area is 103 Å². The average Bonchev–Trinajstić information content (AvgIpc) is 2.79. The fraction of sp³-hybridized carbons (Fsp3) is 0.500. The number of nitrogens with zero attached hydrogens (tertiary/aromatic N) is 1. The van der Waals surface area contributed by atoms with E-state index < -0.39 is 0 Å². The van der Waals surface area contributed by atoms with Gasteiger partial charge in [0.25, 0.3) is 0 Å². The maximum atomic E-state index is 11.8. The lowest BCUT2D eigenvalue weighted by Gasteiger charge is -2.22. The summed E-state index contributed by atoms with van der Waals surface area (Å²) in [6.07, 6.45) is 0. The zero-order valence-corrected chi connectivity index (χ0v) is 10.3. The standard InChI is InChI=1S/C10H14N4O2S/c1-6(15)8-5-17-10(13-8)14-9(16)7-4-11-2-3-12-7/h5,7,11-12H,2-4H2,1H3,(H,13,14,16)/t7-/m0/s1. The summed E-state index contributed by atoms with van der Waals surface area (Å²) in [5.41, 5.74) is 0.389. The molecule has 2 heterocycles. The van der Waals surface area contributed by atoms with Gasteiger partial charge < -0.3 is 16.0 Å². The molecule has 92 valence electrons. The minimum absolute atomic E-state index is 0.0980. The Morgan fingerprint density at radius 2 is 2.35 bits per heavy atom. The molecular formula is C10H14N4O2S. The van der Waals surface area contributed by atoms with Crippen LogP contribution in [0.15, 0.2) is 5.38 Å². The van der Waals surface area contributed by atoms with Gasteiger partial charge in [-0.15, -0.1) is 11.3 Å². The minimum atomic E-state index is -0.242. The number of amides is 1. The number of piperazine rings is 1. The highest BCUT2D eigenvalue weighted by Gasteiger charge is 2.21. The summed E-state index contributed by atoms with van der Waals surface area (Å²) >= 11 is 1.26. The van der Waals surface area contributed by atoms with Crippen molar-refractivity contribution in [1.82, 2.24) is 15.6 Å². The Kier molecular flexibility index (Phi) is 3.82. The van der Waals surface area contributed by atoms with E-state index in [2.05, 4.69) is 20.9 Å². The molecule has 0 aromatic carbocycles. The van der Waals surface area contributed by atoms with Crippen molar-refractivity contribution in [1.29, 1.82) is 0 Å². The van der Waals surface area contributed by atoms with Crippen molar-refractivity contribution >= 4 is 28.2 Å². The van der Waals surface area contributed by atoms with Crippen LogP contribution in [0.25, 0.3) is 0 Å². The van der Waals surface area contributed by atoms with Crippen LogP contribution in [0.4, 0.5) is 5.13 Å². The van der Waals surface area contributed by atoms with Crippen molar-refractivity contribution in [3.63, 3.8) is 0 Å². The van der Waals surface area contributed by atoms with Crippen LogP contribution in [0.2, 0.25) is 0 Å². The molecule has 1 saturated heterocycles. The molecule has 17 heavy (non-hydrogen) atoms. The number of carbonyl (C=O) groups excluding carboxylic acids is 2. The molecule has 1 aliphatic heterocycles. The van der Waals surface area contributed by atoms with Gasteiger partial charge >= 0.3 is 0 Å². The van der Waals surface area contributed by atoms with Gasteiger partial charge in [0.05, 0.1) is 6.04 Å². The molecular weight excluding hydrogens is 240 g/mol. The molecule has 1 aromatic heterocycles. The third kappa shape index (κ3) is 3.09. The van der Waals surface area contributed by atoms with Crippen molar-refractivity contribution in [2.75, 3.05) is 25.0 Å². The lowest BCUT2D eigenvalue weighted by Crippen LogP contribution is -2.54. The fourth-order valence-corrected chi connectivity index (χ4v) is 2.28. The first-order chi connectivity index (χ1) is 8.16. The zero-order valence-electron chi connectivity index (χ0n) is 9.45. The number of hydrogen-bond donors (Lipinski definition) is 3. The van der Waals surface area contributed by atoms with Crippen LogP contribution in [0.1, 0.15) is 17.4 Å². The molecule has 1 amide bonds. The molecule has 1 fully saturated rings. The Hall–Kier alpha value is -1.31. The first kappa shape index (κ1) is 12.2. The van der Waals surface area contributed by atoms with E-state index >= 15 is 0 Å². The number of aromatic nitrogens is 1. The van der Waals surface area contributed by atoms with Crippen LogP contribution < -0.4 is 16.0 Å². The van der Waals surface area contributed by atoms with Crippen LogP contribution in [0.3, 0.4) is 0 Å². The predicted molar refractivity (Wildman–Crippen MR) is 65.4 cm³/mol. The summed E-state index contributed by atoms with van der Waals surface area (Å²) in [5.74, 6) is -0.221. The molecule has 2 rings (SSSR count). The van der Waals surface area contributed by atoms with E-state index in [9.17, 15) is 9.59 Å². The summed E-state index contributed by atoms with van der Waals surface area (Å²) in [5, 5.41) is 11.0. The van der Waals surface area contributed by atoms with E-state index in [0.717, 1.165) is 13.1 Å². The number of Topliss-reactive ketones (excluding diaryl/α,β-unsaturated/α-hetero) is 1. The molecule has 7 heteroatoms. The van der Waals surface area contributed by atoms with Gasteiger partial charge in [0.15, 0.2) is 10.9 Å². The van der Waals surface area contributed by atoms with Gasteiger partial charge in [-0.2, -0.15) is 0 Å². The summed E-state index contributed by atoms with van der Waals surface area (Å²) in [4.78, 5) is 26.9. The maximum absolute atomic E-state index is 11.8. The number of anilines is 1. The van der Waals surface area contributed by atoms with Gasteiger partial charge in [-0.1, -0.05) is 0 Å². The van der Waals surface area contributed by atoms with E-state index in [1.165, 1.54) is 18.3 Å². The molecule has 6 nitrogen and oxygen atoms in total. The minimum Gasteiger partial charge on any atom is -0.313 e. The van der Waals surface area contributed by atoms with Crippen LogP contribution in [0.5, 0.6) is 0 Å². The third-order valence-electron chi connectivity index (χ3n) is 2.45. The normalized spacial score (nSPS) is 19.9. The molecule has 0 bridgehead atoms. The monoisotopic (exact) mass is 254 g/mol. The molecule has 0 saturated carbocycles. The van der Waals surface area contributed by atoms with Crippen molar-refractivity contribution in [2.45, 2.75) is 13.0 Å². The highest BCUT2D eigenvalue weighted by Crippen LogP contribution is 2.15. The second kappa shape index (κ2) is 5.35. The molecule has 0 unspecified atom stereocenters. The molecule has 0 spiro atoms. The number of ketones is 1. The van der Waals surface area contributed by atoms with Gasteiger partial charge in [0.2, 0.25) is 5.91 Å². The number of rotatable bonds is 3. The lowest BCUT2D eigenvalue weighted by atomic mass is 10.2.